The Kier molecular flexibility index (Phi) is 5.93. The number of piperazine rings is 1. The highest BCUT2D eigenvalue weighted by atomic mass is 79.9. The van der Waals surface area contributed by atoms with Crippen LogP contribution in [0.25, 0.3) is 0 Å². The van der Waals surface area contributed by atoms with Crippen molar-refractivity contribution < 1.29 is 13.2 Å². The molecule has 1 aromatic heterocycles. The van der Waals surface area contributed by atoms with Crippen LogP contribution >= 0.6 is 27.3 Å². The maximum absolute atomic E-state index is 12.7. The van der Waals surface area contributed by atoms with Gasteiger partial charge in [0.15, 0.2) is 0 Å². The SMILES string of the molecule is O=C(CCc1cccs1)N1CCN(S(=O)(=O)c2cccc(Br)c2)CC1. The van der Waals surface area contributed by atoms with Crippen LogP contribution in [0.2, 0.25) is 0 Å². The average Bonchev–Trinajstić information content (AvgIpc) is 3.13. The van der Waals surface area contributed by atoms with Crippen LogP contribution < -0.4 is 0 Å². The number of hydrogen-bond donors (Lipinski definition) is 0. The highest BCUT2D eigenvalue weighted by Gasteiger charge is 2.30. The van der Waals surface area contributed by atoms with Crippen LogP contribution in [0.3, 0.4) is 0 Å². The van der Waals surface area contributed by atoms with E-state index in [4.69, 9.17) is 0 Å². The molecule has 0 N–H and O–H groups in total. The third kappa shape index (κ3) is 4.49. The molecule has 0 aliphatic carbocycles. The second-order valence-corrected chi connectivity index (χ2v) is 9.71. The van der Waals surface area contributed by atoms with Crippen LogP contribution in [-0.2, 0) is 21.2 Å². The second kappa shape index (κ2) is 7.99. The molecule has 25 heavy (non-hydrogen) atoms. The molecule has 1 fully saturated rings. The summed E-state index contributed by atoms with van der Waals surface area (Å²) in [5.41, 5.74) is 0. The molecule has 0 atom stereocenters. The number of aryl methyl sites for hydroxylation is 1. The first kappa shape index (κ1) is 18.6. The first-order valence-electron chi connectivity index (χ1n) is 8.03. The first-order valence-corrected chi connectivity index (χ1v) is 11.1. The fourth-order valence-corrected chi connectivity index (χ4v) is 5.53. The Morgan fingerprint density at radius 2 is 1.88 bits per heavy atom. The molecular weight excluding hydrogens is 424 g/mol. The van der Waals surface area contributed by atoms with Gasteiger partial charge in [0, 0.05) is 41.9 Å². The quantitative estimate of drug-likeness (QED) is 0.714. The maximum atomic E-state index is 12.7. The summed E-state index contributed by atoms with van der Waals surface area (Å²) in [6.45, 7) is 1.55. The number of nitrogens with zero attached hydrogens (tertiary/aromatic N) is 2. The van der Waals surface area contributed by atoms with E-state index < -0.39 is 10.0 Å². The third-order valence-corrected chi connectivity index (χ3v) is 7.51. The zero-order chi connectivity index (χ0) is 17.9. The van der Waals surface area contributed by atoms with Gasteiger partial charge in [0.05, 0.1) is 4.90 Å². The van der Waals surface area contributed by atoms with Crippen molar-refractivity contribution in [3.63, 3.8) is 0 Å². The van der Waals surface area contributed by atoms with E-state index in [0.717, 1.165) is 10.9 Å². The molecule has 0 spiro atoms. The Hall–Kier alpha value is -1.22. The molecule has 3 rings (SSSR count). The van der Waals surface area contributed by atoms with Gasteiger partial charge in [-0.2, -0.15) is 4.31 Å². The third-order valence-electron chi connectivity index (χ3n) is 4.19. The molecule has 0 bridgehead atoms. The molecule has 0 radical (unpaired) electrons. The summed E-state index contributed by atoms with van der Waals surface area (Å²) in [6, 6.07) is 10.7. The van der Waals surface area contributed by atoms with E-state index in [1.807, 2.05) is 17.5 Å². The van der Waals surface area contributed by atoms with Crippen molar-refractivity contribution in [2.24, 2.45) is 0 Å². The zero-order valence-corrected chi connectivity index (χ0v) is 16.8. The van der Waals surface area contributed by atoms with E-state index in [2.05, 4.69) is 15.9 Å². The fourth-order valence-electron chi connectivity index (χ4n) is 2.80. The van der Waals surface area contributed by atoms with Gasteiger partial charge in [0.2, 0.25) is 15.9 Å². The Balaban J connectivity index is 1.57. The van der Waals surface area contributed by atoms with Crippen molar-refractivity contribution in [3.8, 4) is 0 Å². The van der Waals surface area contributed by atoms with Gasteiger partial charge in [0.1, 0.15) is 0 Å². The number of benzene rings is 1. The van der Waals surface area contributed by atoms with Gasteiger partial charge in [-0.3, -0.25) is 4.79 Å². The monoisotopic (exact) mass is 442 g/mol. The van der Waals surface area contributed by atoms with Crippen molar-refractivity contribution in [3.05, 3.63) is 51.1 Å². The van der Waals surface area contributed by atoms with Gasteiger partial charge < -0.3 is 4.90 Å². The summed E-state index contributed by atoms with van der Waals surface area (Å²) < 4.78 is 27.6. The summed E-state index contributed by atoms with van der Waals surface area (Å²) in [5.74, 6) is 0.0907. The van der Waals surface area contributed by atoms with E-state index in [-0.39, 0.29) is 10.8 Å². The lowest BCUT2D eigenvalue weighted by atomic mass is 10.2. The maximum Gasteiger partial charge on any atom is 0.243 e. The molecule has 0 unspecified atom stereocenters. The number of sulfonamides is 1. The van der Waals surface area contributed by atoms with Crippen LogP contribution in [0, 0.1) is 0 Å². The number of rotatable bonds is 5. The number of hydrogen-bond acceptors (Lipinski definition) is 4. The fraction of sp³-hybridized carbons (Fsp3) is 0.353. The number of thiophene rings is 1. The summed E-state index contributed by atoms with van der Waals surface area (Å²) in [4.78, 5) is 15.6. The predicted octanol–water partition coefficient (Wildman–Crippen LogP) is 2.98. The predicted molar refractivity (Wildman–Crippen MR) is 102 cm³/mol. The molecule has 2 heterocycles. The number of halogens is 1. The van der Waals surface area contributed by atoms with Gasteiger partial charge in [-0.25, -0.2) is 8.42 Å². The lowest BCUT2D eigenvalue weighted by Gasteiger charge is -2.34. The molecule has 1 aliphatic heterocycles. The van der Waals surface area contributed by atoms with Crippen molar-refractivity contribution in [1.82, 2.24) is 9.21 Å². The minimum Gasteiger partial charge on any atom is -0.340 e. The minimum atomic E-state index is -3.51. The zero-order valence-electron chi connectivity index (χ0n) is 13.6. The Morgan fingerprint density at radius 1 is 1.12 bits per heavy atom. The summed E-state index contributed by atoms with van der Waals surface area (Å²) in [5, 5.41) is 2.01. The van der Waals surface area contributed by atoms with Gasteiger partial charge in [-0.05, 0) is 36.1 Å². The first-order chi connectivity index (χ1) is 12.0. The van der Waals surface area contributed by atoms with Crippen molar-refractivity contribution >= 4 is 43.2 Å². The summed E-state index contributed by atoms with van der Waals surface area (Å²) >= 11 is 4.96. The van der Waals surface area contributed by atoms with E-state index in [1.54, 1.807) is 40.5 Å². The lowest BCUT2D eigenvalue weighted by molar-refractivity contribution is -0.132. The molecule has 2 aromatic rings. The molecule has 134 valence electrons. The highest BCUT2D eigenvalue weighted by Crippen LogP contribution is 2.21. The molecule has 1 aromatic carbocycles. The van der Waals surface area contributed by atoms with Crippen molar-refractivity contribution in [2.45, 2.75) is 17.7 Å². The lowest BCUT2D eigenvalue weighted by Crippen LogP contribution is -2.50. The van der Waals surface area contributed by atoms with Gasteiger partial charge in [-0.1, -0.05) is 28.1 Å². The van der Waals surface area contributed by atoms with E-state index >= 15 is 0 Å². The standard InChI is InChI=1S/C17H19BrN2O3S2/c18-14-3-1-5-16(13-14)25(22,23)20-10-8-19(9-11-20)17(21)7-6-15-4-2-12-24-15/h1-5,12-13H,6-11H2. The van der Waals surface area contributed by atoms with E-state index in [1.165, 1.54) is 9.18 Å². The molecular formula is C17H19BrN2O3S2. The van der Waals surface area contributed by atoms with Crippen LogP contribution in [0.5, 0.6) is 0 Å². The normalized spacial score (nSPS) is 16.1. The molecule has 1 saturated heterocycles. The molecule has 5 nitrogen and oxygen atoms in total. The minimum absolute atomic E-state index is 0.0907. The molecule has 1 amide bonds. The Bertz CT molecular complexity index is 829. The molecule has 0 saturated carbocycles. The van der Waals surface area contributed by atoms with Crippen molar-refractivity contribution in [2.75, 3.05) is 26.2 Å². The largest absolute Gasteiger partial charge is 0.340 e. The summed E-state index contributed by atoms with van der Waals surface area (Å²) in [6.07, 6.45) is 1.21. The Morgan fingerprint density at radius 3 is 2.52 bits per heavy atom. The van der Waals surface area contributed by atoms with E-state index in [9.17, 15) is 13.2 Å². The summed E-state index contributed by atoms with van der Waals surface area (Å²) in [7, 11) is -3.51. The van der Waals surface area contributed by atoms with Crippen LogP contribution in [-0.4, -0.2) is 49.7 Å². The van der Waals surface area contributed by atoms with Crippen LogP contribution in [0.4, 0.5) is 0 Å². The second-order valence-electron chi connectivity index (χ2n) is 5.82. The highest BCUT2D eigenvalue weighted by molar-refractivity contribution is 9.10. The van der Waals surface area contributed by atoms with Gasteiger partial charge in [-0.15, -0.1) is 11.3 Å². The Labute approximate surface area is 160 Å². The van der Waals surface area contributed by atoms with Crippen LogP contribution in [0.15, 0.2) is 51.1 Å². The topological polar surface area (TPSA) is 57.7 Å². The van der Waals surface area contributed by atoms with Crippen molar-refractivity contribution in [1.29, 1.82) is 0 Å². The smallest absolute Gasteiger partial charge is 0.243 e. The molecule has 1 aliphatic rings. The number of amides is 1. The number of carbonyl (C=O) groups excluding carboxylic acids is 1. The number of carbonyl (C=O) groups is 1. The van der Waals surface area contributed by atoms with E-state index in [0.29, 0.717) is 32.6 Å². The average molecular weight is 443 g/mol. The van der Waals surface area contributed by atoms with Gasteiger partial charge >= 0.3 is 0 Å². The molecule has 8 heteroatoms. The van der Waals surface area contributed by atoms with Crippen LogP contribution in [0.1, 0.15) is 11.3 Å². The van der Waals surface area contributed by atoms with Gasteiger partial charge in [0.25, 0.3) is 0 Å².